The molecule has 1 aliphatic rings. The molecule has 1 aromatic carbocycles. The van der Waals surface area contributed by atoms with Crippen molar-refractivity contribution in [2.75, 3.05) is 32.1 Å². The largest absolute Gasteiger partial charge is 0.381 e. The molecule has 0 aromatic heterocycles. The van der Waals surface area contributed by atoms with Gasteiger partial charge in [0, 0.05) is 25.8 Å². The van der Waals surface area contributed by atoms with Gasteiger partial charge in [0.15, 0.2) is 0 Å². The Morgan fingerprint density at radius 2 is 2.05 bits per heavy atom. The van der Waals surface area contributed by atoms with E-state index in [1.54, 1.807) is 0 Å². The van der Waals surface area contributed by atoms with Gasteiger partial charge in [0.1, 0.15) is 5.69 Å². The molecule has 0 bridgehead atoms. The minimum atomic E-state index is -3.71. The van der Waals surface area contributed by atoms with Crippen molar-refractivity contribution in [1.82, 2.24) is 4.72 Å². The SMILES string of the molecule is CNS(=O)(=O)c1ccc(NCC2CCOCC2)c([N+](=O)[O-])c1. The minimum Gasteiger partial charge on any atom is -0.381 e. The Labute approximate surface area is 129 Å². The third kappa shape index (κ3) is 3.93. The summed E-state index contributed by atoms with van der Waals surface area (Å²) >= 11 is 0. The number of anilines is 1. The van der Waals surface area contributed by atoms with Gasteiger partial charge in [-0.05, 0) is 37.9 Å². The highest BCUT2D eigenvalue weighted by atomic mass is 32.2. The number of nitrogens with one attached hydrogen (secondary N) is 2. The fraction of sp³-hybridized carbons (Fsp3) is 0.538. The van der Waals surface area contributed by atoms with Crippen LogP contribution in [-0.2, 0) is 14.8 Å². The van der Waals surface area contributed by atoms with Crippen LogP contribution in [0.4, 0.5) is 11.4 Å². The zero-order valence-electron chi connectivity index (χ0n) is 12.2. The first-order chi connectivity index (χ1) is 10.4. The Kier molecular flexibility index (Phi) is 5.33. The van der Waals surface area contributed by atoms with E-state index in [1.165, 1.54) is 19.2 Å². The summed E-state index contributed by atoms with van der Waals surface area (Å²) in [6, 6.07) is 3.85. The number of hydrogen-bond acceptors (Lipinski definition) is 6. The van der Waals surface area contributed by atoms with Crippen LogP contribution in [0.3, 0.4) is 0 Å². The summed E-state index contributed by atoms with van der Waals surface area (Å²) in [7, 11) is -2.44. The van der Waals surface area contributed by atoms with Crippen molar-refractivity contribution in [1.29, 1.82) is 0 Å². The predicted octanol–water partition coefficient (Wildman–Crippen LogP) is 1.34. The molecule has 1 saturated heterocycles. The normalized spacial score (nSPS) is 16.4. The van der Waals surface area contributed by atoms with Gasteiger partial charge in [0.2, 0.25) is 10.0 Å². The van der Waals surface area contributed by atoms with Crippen LogP contribution in [0.25, 0.3) is 0 Å². The third-order valence-corrected chi connectivity index (χ3v) is 5.08. The number of nitro benzene ring substituents is 1. The zero-order valence-corrected chi connectivity index (χ0v) is 13.1. The maximum absolute atomic E-state index is 11.7. The average Bonchev–Trinajstić information content (AvgIpc) is 2.53. The highest BCUT2D eigenvalue weighted by Crippen LogP contribution is 2.28. The highest BCUT2D eigenvalue weighted by molar-refractivity contribution is 7.89. The summed E-state index contributed by atoms with van der Waals surface area (Å²) in [5, 5.41) is 14.2. The van der Waals surface area contributed by atoms with Gasteiger partial charge in [-0.25, -0.2) is 13.1 Å². The van der Waals surface area contributed by atoms with Crippen LogP contribution in [0.1, 0.15) is 12.8 Å². The number of benzene rings is 1. The summed E-state index contributed by atoms with van der Waals surface area (Å²) in [5.41, 5.74) is 0.0786. The second-order valence-corrected chi connectivity index (χ2v) is 6.97. The van der Waals surface area contributed by atoms with Crippen molar-refractivity contribution >= 4 is 21.4 Å². The lowest BCUT2D eigenvalue weighted by atomic mass is 10.0. The van der Waals surface area contributed by atoms with E-state index in [4.69, 9.17) is 4.74 Å². The molecule has 1 aromatic rings. The molecule has 0 spiro atoms. The molecule has 122 valence electrons. The number of nitro groups is 1. The lowest BCUT2D eigenvalue weighted by Gasteiger charge is -2.22. The van der Waals surface area contributed by atoms with Crippen molar-refractivity contribution in [3.05, 3.63) is 28.3 Å². The number of nitrogens with zero attached hydrogens (tertiary/aromatic N) is 1. The summed E-state index contributed by atoms with van der Waals surface area (Å²) < 4.78 is 30.9. The fourth-order valence-corrected chi connectivity index (χ4v) is 3.05. The van der Waals surface area contributed by atoms with E-state index in [1.807, 2.05) is 0 Å². The van der Waals surface area contributed by atoms with Gasteiger partial charge >= 0.3 is 0 Å². The molecule has 1 heterocycles. The van der Waals surface area contributed by atoms with Crippen molar-refractivity contribution in [2.24, 2.45) is 5.92 Å². The van der Waals surface area contributed by atoms with Crippen molar-refractivity contribution in [3.8, 4) is 0 Å². The molecule has 0 unspecified atom stereocenters. The molecule has 0 saturated carbocycles. The van der Waals surface area contributed by atoms with E-state index in [0.717, 1.165) is 18.9 Å². The van der Waals surface area contributed by atoms with Gasteiger partial charge in [-0.15, -0.1) is 0 Å². The van der Waals surface area contributed by atoms with Gasteiger partial charge in [0.05, 0.1) is 9.82 Å². The molecule has 0 amide bonds. The monoisotopic (exact) mass is 329 g/mol. The first-order valence-corrected chi connectivity index (χ1v) is 8.46. The molecule has 8 nitrogen and oxygen atoms in total. The fourth-order valence-electron chi connectivity index (χ4n) is 2.30. The van der Waals surface area contributed by atoms with E-state index in [0.29, 0.717) is 31.4 Å². The highest BCUT2D eigenvalue weighted by Gasteiger charge is 2.21. The first-order valence-electron chi connectivity index (χ1n) is 6.97. The van der Waals surface area contributed by atoms with E-state index in [2.05, 4.69) is 10.0 Å². The van der Waals surface area contributed by atoms with Gasteiger partial charge < -0.3 is 10.1 Å². The lowest BCUT2D eigenvalue weighted by molar-refractivity contribution is -0.384. The van der Waals surface area contributed by atoms with E-state index < -0.39 is 14.9 Å². The van der Waals surface area contributed by atoms with Gasteiger partial charge in [0.25, 0.3) is 5.69 Å². The maximum Gasteiger partial charge on any atom is 0.293 e. The number of sulfonamides is 1. The van der Waals surface area contributed by atoms with Crippen LogP contribution in [-0.4, -0.2) is 40.1 Å². The third-order valence-electron chi connectivity index (χ3n) is 3.67. The molecule has 1 fully saturated rings. The Morgan fingerprint density at radius 3 is 2.64 bits per heavy atom. The molecule has 0 radical (unpaired) electrons. The quantitative estimate of drug-likeness (QED) is 0.602. The van der Waals surface area contributed by atoms with Gasteiger partial charge in [-0.2, -0.15) is 0 Å². The van der Waals surface area contributed by atoms with Crippen LogP contribution < -0.4 is 10.0 Å². The van der Waals surface area contributed by atoms with Crippen LogP contribution in [0.15, 0.2) is 23.1 Å². The molecule has 0 aliphatic carbocycles. The summed E-state index contributed by atoms with van der Waals surface area (Å²) in [6.45, 7) is 2.00. The van der Waals surface area contributed by atoms with Gasteiger partial charge in [-0.1, -0.05) is 0 Å². The number of hydrogen-bond donors (Lipinski definition) is 2. The standard InChI is InChI=1S/C13H19N3O5S/c1-14-22(19,20)11-2-3-12(13(8-11)16(17)18)15-9-10-4-6-21-7-5-10/h2-3,8,10,14-15H,4-7,9H2,1H3. The topological polar surface area (TPSA) is 111 Å². The molecular weight excluding hydrogens is 310 g/mol. The lowest BCUT2D eigenvalue weighted by Crippen LogP contribution is -2.23. The summed E-state index contributed by atoms with van der Waals surface area (Å²) in [5.74, 6) is 0.397. The number of ether oxygens (including phenoxy) is 1. The predicted molar refractivity (Wildman–Crippen MR) is 81.4 cm³/mol. The van der Waals surface area contributed by atoms with Crippen molar-refractivity contribution in [2.45, 2.75) is 17.7 Å². The van der Waals surface area contributed by atoms with Crippen LogP contribution >= 0.6 is 0 Å². The average molecular weight is 329 g/mol. The molecule has 2 N–H and O–H groups in total. The molecule has 9 heteroatoms. The molecule has 2 rings (SSSR count). The maximum atomic E-state index is 11.7. The molecule has 0 atom stereocenters. The second-order valence-electron chi connectivity index (χ2n) is 5.08. The first kappa shape index (κ1) is 16.7. The van der Waals surface area contributed by atoms with E-state index >= 15 is 0 Å². The van der Waals surface area contributed by atoms with Crippen LogP contribution in [0.5, 0.6) is 0 Å². The molecular formula is C13H19N3O5S. The van der Waals surface area contributed by atoms with Gasteiger partial charge in [-0.3, -0.25) is 10.1 Å². The smallest absolute Gasteiger partial charge is 0.293 e. The Hall–Kier alpha value is -1.71. The summed E-state index contributed by atoms with van der Waals surface area (Å²) in [4.78, 5) is 10.5. The van der Waals surface area contributed by atoms with Crippen LogP contribution in [0, 0.1) is 16.0 Å². The minimum absolute atomic E-state index is 0.127. The Bertz CT molecular complexity index is 641. The second kappa shape index (κ2) is 7.03. The van der Waals surface area contributed by atoms with Crippen LogP contribution in [0.2, 0.25) is 0 Å². The summed E-state index contributed by atoms with van der Waals surface area (Å²) in [6.07, 6.45) is 1.82. The van der Waals surface area contributed by atoms with E-state index in [-0.39, 0.29) is 10.6 Å². The van der Waals surface area contributed by atoms with E-state index in [9.17, 15) is 18.5 Å². The number of rotatable bonds is 6. The molecule has 1 aliphatic heterocycles. The Balaban J connectivity index is 2.18. The molecule has 22 heavy (non-hydrogen) atoms. The van der Waals surface area contributed by atoms with Crippen molar-refractivity contribution < 1.29 is 18.1 Å². The zero-order chi connectivity index (χ0) is 16.2. The van der Waals surface area contributed by atoms with Crippen molar-refractivity contribution in [3.63, 3.8) is 0 Å². The Morgan fingerprint density at radius 1 is 1.36 bits per heavy atom.